The van der Waals surface area contributed by atoms with Gasteiger partial charge in [0.1, 0.15) is 17.2 Å². The minimum atomic E-state index is -0.574. The van der Waals surface area contributed by atoms with Crippen molar-refractivity contribution in [2.24, 2.45) is 0 Å². The van der Waals surface area contributed by atoms with Gasteiger partial charge in [0.25, 0.3) is 11.6 Å². The number of methoxy groups -OCH3 is 1. The standard InChI is InChI=1S/C24H19ClN4O6/c1-33-22-4-2-3-5-23(22)35-20-13-17(12-18(14-20)29(31)32)27-24(30)21-10-11-26-28(21)15-34-19-8-6-16(25)7-9-19/h2-14H,15H2,1H3,(H,27,30). The molecule has 0 spiro atoms. The Labute approximate surface area is 204 Å². The van der Waals surface area contributed by atoms with Crippen LogP contribution in [0.25, 0.3) is 0 Å². The van der Waals surface area contributed by atoms with Crippen molar-refractivity contribution in [3.63, 3.8) is 0 Å². The van der Waals surface area contributed by atoms with Gasteiger partial charge >= 0.3 is 0 Å². The summed E-state index contributed by atoms with van der Waals surface area (Å²) in [4.78, 5) is 23.8. The molecule has 1 N–H and O–H groups in total. The van der Waals surface area contributed by atoms with Crippen LogP contribution in [0.3, 0.4) is 0 Å². The maximum atomic E-state index is 12.9. The number of anilines is 1. The summed E-state index contributed by atoms with van der Waals surface area (Å²) in [6.45, 7) is -0.0332. The van der Waals surface area contributed by atoms with Crippen LogP contribution in [0.1, 0.15) is 10.5 Å². The number of carbonyl (C=O) groups is 1. The van der Waals surface area contributed by atoms with Crippen molar-refractivity contribution in [2.75, 3.05) is 12.4 Å². The molecular formula is C24H19ClN4O6. The number of halogens is 1. The fourth-order valence-corrected chi connectivity index (χ4v) is 3.27. The molecule has 0 bridgehead atoms. The number of benzene rings is 3. The highest BCUT2D eigenvalue weighted by Crippen LogP contribution is 2.34. The molecular weight excluding hydrogens is 476 g/mol. The number of amides is 1. The van der Waals surface area contributed by atoms with Crippen LogP contribution in [0, 0.1) is 10.1 Å². The summed E-state index contributed by atoms with van der Waals surface area (Å²) in [6.07, 6.45) is 1.45. The Morgan fingerprint density at radius 1 is 1.06 bits per heavy atom. The highest BCUT2D eigenvalue weighted by Gasteiger charge is 2.17. The lowest BCUT2D eigenvalue weighted by Crippen LogP contribution is -2.19. The van der Waals surface area contributed by atoms with Crippen LogP contribution in [0.2, 0.25) is 5.02 Å². The van der Waals surface area contributed by atoms with Gasteiger partial charge in [-0.15, -0.1) is 0 Å². The minimum absolute atomic E-state index is 0.0332. The minimum Gasteiger partial charge on any atom is -0.493 e. The number of hydrogen-bond donors (Lipinski definition) is 1. The molecule has 4 aromatic rings. The van der Waals surface area contributed by atoms with Gasteiger partial charge in [0.15, 0.2) is 18.2 Å². The third-order valence-electron chi connectivity index (χ3n) is 4.77. The topological polar surface area (TPSA) is 118 Å². The lowest BCUT2D eigenvalue weighted by atomic mass is 10.2. The molecule has 178 valence electrons. The highest BCUT2D eigenvalue weighted by atomic mass is 35.5. The van der Waals surface area contributed by atoms with Crippen molar-refractivity contribution in [1.82, 2.24) is 9.78 Å². The van der Waals surface area contributed by atoms with E-state index in [-0.39, 0.29) is 29.5 Å². The molecule has 0 aliphatic rings. The largest absolute Gasteiger partial charge is 0.493 e. The first kappa shape index (κ1) is 23.6. The quantitative estimate of drug-likeness (QED) is 0.240. The molecule has 3 aromatic carbocycles. The van der Waals surface area contributed by atoms with Crippen molar-refractivity contribution >= 4 is 28.9 Å². The maximum absolute atomic E-state index is 12.9. The van der Waals surface area contributed by atoms with E-state index in [9.17, 15) is 14.9 Å². The number of non-ortho nitro benzene ring substituents is 1. The van der Waals surface area contributed by atoms with E-state index >= 15 is 0 Å². The highest BCUT2D eigenvalue weighted by molar-refractivity contribution is 6.30. The van der Waals surface area contributed by atoms with Crippen molar-refractivity contribution in [1.29, 1.82) is 0 Å². The van der Waals surface area contributed by atoms with E-state index in [4.69, 9.17) is 25.8 Å². The van der Waals surface area contributed by atoms with Crippen molar-refractivity contribution in [2.45, 2.75) is 6.73 Å². The summed E-state index contributed by atoms with van der Waals surface area (Å²) in [6, 6.07) is 19.1. The Hall–Kier alpha value is -4.57. The van der Waals surface area contributed by atoms with Gasteiger partial charge in [-0.3, -0.25) is 14.9 Å². The first-order valence-corrected chi connectivity index (χ1v) is 10.6. The lowest BCUT2D eigenvalue weighted by molar-refractivity contribution is -0.384. The predicted octanol–water partition coefficient (Wildman–Crippen LogP) is 5.53. The number of carbonyl (C=O) groups excluding carboxylic acids is 1. The zero-order valence-electron chi connectivity index (χ0n) is 18.4. The van der Waals surface area contributed by atoms with Crippen LogP contribution in [-0.4, -0.2) is 27.7 Å². The third kappa shape index (κ3) is 5.87. The molecule has 10 nitrogen and oxygen atoms in total. The number of nitrogens with zero attached hydrogens (tertiary/aromatic N) is 3. The molecule has 0 aliphatic heterocycles. The monoisotopic (exact) mass is 494 g/mol. The molecule has 1 aromatic heterocycles. The van der Waals surface area contributed by atoms with E-state index in [2.05, 4.69) is 10.4 Å². The number of para-hydroxylation sites is 2. The van der Waals surface area contributed by atoms with E-state index in [0.29, 0.717) is 22.3 Å². The molecule has 0 saturated carbocycles. The van der Waals surface area contributed by atoms with Crippen LogP contribution in [0.15, 0.2) is 79.0 Å². The van der Waals surface area contributed by atoms with Crippen LogP contribution in [0.5, 0.6) is 23.0 Å². The van der Waals surface area contributed by atoms with E-state index in [0.717, 1.165) is 0 Å². The van der Waals surface area contributed by atoms with Crippen LogP contribution >= 0.6 is 11.6 Å². The Bertz CT molecular complexity index is 1360. The van der Waals surface area contributed by atoms with Gasteiger partial charge in [-0.1, -0.05) is 23.7 Å². The van der Waals surface area contributed by atoms with E-state index in [1.54, 1.807) is 48.5 Å². The normalized spacial score (nSPS) is 10.5. The average molecular weight is 495 g/mol. The maximum Gasteiger partial charge on any atom is 0.275 e. The Morgan fingerprint density at radius 3 is 2.51 bits per heavy atom. The fourth-order valence-electron chi connectivity index (χ4n) is 3.14. The second kappa shape index (κ2) is 10.6. The Balaban J connectivity index is 1.53. The van der Waals surface area contributed by atoms with E-state index in [1.807, 2.05) is 0 Å². The van der Waals surface area contributed by atoms with E-state index in [1.165, 1.54) is 42.3 Å². The molecule has 0 aliphatic carbocycles. The molecule has 35 heavy (non-hydrogen) atoms. The van der Waals surface area contributed by atoms with Gasteiger partial charge in [0, 0.05) is 23.4 Å². The van der Waals surface area contributed by atoms with E-state index < -0.39 is 10.8 Å². The van der Waals surface area contributed by atoms with Crippen LogP contribution in [-0.2, 0) is 6.73 Å². The van der Waals surface area contributed by atoms with Crippen molar-refractivity contribution < 1.29 is 23.9 Å². The smallest absolute Gasteiger partial charge is 0.275 e. The second-order valence-electron chi connectivity index (χ2n) is 7.12. The van der Waals surface area contributed by atoms with Crippen molar-refractivity contribution in [3.05, 3.63) is 99.8 Å². The summed E-state index contributed by atoms with van der Waals surface area (Å²) in [5.74, 6) is 0.983. The first-order valence-electron chi connectivity index (χ1n) is 10.2. The van der Waals surface area contributed by atoms with Crippen LogP contribution < -0.4 is 19.5 Å². The fraction of sp³-hybridized carbons (Fsp3) is 0.0833. The van der Waals surface area contributed by atoms with Gasteiger partial charge in [0.05, 0.1) is 23.8 Å². The Kier molecular flexibility index (Phi) is 7.12. The molecule has 1 amide bonds. The van der Waals surface area contributed by atoms with Gasteiger partial charge in [-0.2, -0.15) is 5.10 Å². The molecule has 1 heterocycles. The molecule has 0 fully saturated rings. The SMILES string of the molecule is COc1ccccc1Oc1cc(NC(=O)c2ccnn2COc2ccc(Cl)cc2)cc([N+](=O)[O-])c1. The number of ether oxygens (including phenoxy) is 3. The summed E-state index contributed by atoms with van der Waals surface area (Å²) in [7, 11) is 1.49. The van der Waals surface area contributed by atoms with Gasteiger partial charge < -0.3 is 19.5 Å². The molecule has 4 rings (SSSR count). The lowest BCUT2D eigenvalue weighted by Gasteiger charge is -2.12. The van der Waals surface area contributed by atoms with Crippen LogP contribution in [0.4, 0.5) is 11.4 Å². The molecule has 0 radical (unpaired) electrons. The van der Waals surface area contributed by atoms with Gasteiger partial charge in [-0.05, 0) is 42.5 Å². The van der Waals surface area contributed by atoms with Gasteiger partial charge in [0.2, 0.25) is 0 Å². The predicted molar refractivity (Wildman–Crippen MR) is 128 cm³/mol. The summed E-state index contributed by atoms with van der Waals surface area (Å²) >= 11 is 5.87. The number of aromatic nitrogens is 2. The zero-order chi connectivity index (χ0) is 24.8. The number of hydrogen-bond acceptors (Lipinski definition) is 7. The zero-order valence-corrected chi connectivity index (χ0v) is 19.1. The number of nitro benzene ring substituents is 1. The summed E-state index contributed by atoms with van der Waals surface area (Å²) in [5, 5.41) is 18.8. The molecule has 0 saturated heterocycles. The number of nitro groups is 1. The second-order valence-corrected chi connectivity index (χ2v) is 7.56. The summed E-state index contributed by atoms with van der Waals surface area (Å²) in [5.41, 5.74) is 0.102. The Morgan fingerprint density at radius 2 is 1.80 bits per heavy atom. The summed E-state index contributed by atoms with van der Waals surface area (Å²) < 4.78 is 18.1. The molecule has 0 unspecified atom stereocenters. The molecule has 11 heteroatoms. The average Bonchev–Trinajstić information content (AvgIpc) is 3.33. The van der Waals surface area contributed by atoms with Crippen molar-refractivity contribution in [3.8, 4) is 23.0 Å². The number of rotatable bonds is 9. The third-order valence-corrected chi connectivity index (χ3v) is 5.03. The van der Waals surface area contributed by atoms with Gasteiger partial charge in [-0.25, -0.2) is 4.68 Å². The molecule has 0 atom stereocenters. The number of nitrogens with one attached hydrogen (secondary N) is 1. The first-order chi connectivity index (χ1) is 16.9.